The Bertz CT molecular complexity index is 651. The van der Waals surface area contributed by atoms with Gasteiger partial charge in [0.25, 0.3) is 0 Å². The lowest BCUT2D eigenvalue weighted by molar-refractivity contribution is -0.143. The Balaban J connectivity index is 2.35. The van der Waals surface area contributed by atoms with Gasteiger partial charge in [0, 0.05) is 12.3 Å². The lowest BCUT2D eigenvalue weighted by Crippen LogP contribution is -2.14. The normalized spacial score (nSPS) is 12.7. The minimum absolute atomic E-state index is 0.0119. The summed E-state index contributed by atoms with van der Waals surface area (Å²) in [5.74, 6) is -0.813. The third-order valence-electron chi connectivity index (χ3n) is 3.52. The molecule has 0 N–H and O–H groups in total. The molecule has 0 saturated heterocycles. The molecule has 23 heavy (non-hydrogen) atoms. The molecular formula is C18H17F3O2. The fraction of sp³-hybridized carbons (Fsp3) is 0.278. The maximum absolute atomic E-state index is 12.9. The molecule has 2 rings (SSSR count). The van der Waals surface area contributed by atoms with Gasteiger partial charge in [-0.25, -0.2) is 0 Å². The van der Waals surface area contributed by atoms with Crippen molar-refractivity contribution in [3.05, 3.63) is 71.3 Å². The third-order valence-corrected chi connectivity index (χ3v) is 3.52. The van der Waals surface area contributed by atoms with Crippen molar-refractivity contribution in [3.8, 4) is 0 Å². The van der Waals surface area contributed by atoms with Gasteiger partial charge in [-0.1, -0.05) is 55.5 Å². The molecule has 0 aliphatic carbocycles. The molecule has 0 fully saturated rings. The summed E-state index contributed by atoms with van der Waals surface area (Å²) >= 11 is 0. The van der Waals surface area contributed by atoms with Crippen molar-refractivity contribution in [1.29, 1.82) is 0 Å². The van der Waals surface area contributed by atoms with E-state index in [0.29, 0.717) is 5.56 Å². The van der Waals surface area contributed by atoms with Gasteiger partial charge in [0.2, 0.25) is 0 Å². The molecule has 2 aromatic rings. The molecule has 0 spiro atoms. The lowest BCUT2D eigenvalue weighted by atomic mass is 9.91. The van der Waals surface area contributed by atoms with Crippen LogP contribution in [-0.2, 0) is 15.7 Å². The maximum atomic E-state index is 12.9. The largest absolute Gasteiger partial charge is 0.465 e. The van der Waals surface area contributed by atoms with Gasteiger partial charge in [-0.2, -0.15) is 13.2 Å². The van der Waals surface area contributed by atoms with E-state index in [4.69, 9.17) is 4.74 Å². The maximum Gasteiger partial charge on any atom is 0.416 e. The molecule has 0 amide bonds. The first-order chi connectivity index (χ1) is 10.9. The highest BCUT2D eigenvalue weighted by Crippen LogP contribution is 2.33. The number of alkyl halides is 3. The SMILES string of the molecule is CCC(=O)OCC(c1ccccc1)c1cccc(C(F)(F)F)c1. The highest BCUT2D eigenvalue weighted by Gasteiger charge is 2.31. The summed E-state index contributed by atoms with van der Waals surface area (Å²) in [7, 11) is 0. The molecule has 1 atom stereocenters. The predicted molar refractivity (Wildman–Crippen MR) is 81.0 cm³/mol. The number of hydrogen-bond donors (Lipinski definition) is 0. The number of benzene rings is 2. The van der Waals surface area contributed by atoms with Gasteiger partial charge in [0.1, 0.15) is 6.61 Å². The van der Waals surface area contributed by atoms with Crippen molar-refractivity contribution in [1.82, 2.24) is 0 Å². The van der Waals surface area contributed by atoms with E-state index in [-0.39, 0.29) is 19.0 Å². The number of carbonyl (C=O) groups is 1. The number of hydrogen-bond acceptors (Lipinski definition) is 2. The smallest absolute Gasteiger partial charge is 0.416 e. The van der Waals surface area contributed by atoms with Crippen LogP contribution in [0.2, 0.25) is 0 Å². The van der Waals surface area contributed by atoms with E-state index >= 15 is 0 Å². The zero-order valence-corrected chi connectivity index (χ0v) is 12.6. The summed E-state index contributed by atoms with van der Waals surface area (Å²) < 4.78 is 43.9. The van der Waals surface area contributed by atoms with Crippen LogP contribution in [0.15, 0.2) is 54.6 Å². The lowest BCUT2D eigenvalue weighted by Gasteiger charge is -2.19. The van der Waals surface area contributed by atoms with Gasteiger partial charge in [-0.3, -0.25) is 4.79 Å². The summed E-state index contributed by atoms with van der Waals surface area (Å²) in [4.78, 5) is 11.4. The molecule has 2 aromatic carbocycles. The fourth-order valence-electron chi connectivity index (χ4n) is 2.28. The fourth-order valence-corrected chi connectivity index (χ4v) is 2.28. The molecule has 0 aliphatic rings. The Hall–Kier alpha value is -2.30. The summed E-state index contributed by atoms with van der Waals surface area (Å²) in [6.07, 6.45) is -4.18. The van der Waals surface area contributed by atoms with Gasteiger partial charge < -0.3 is 4.74 Å². The van der Waals surface area contributed by atoms with Crippen LogP contribution < -0.4 is 0 Å². The Morgan fingerprint density at radius 3 is 2.30 bits per heavy atom. The zero-order valence-electron chi connectivity index (χ0n) is 12.6. The van der Waals surface area contributed by atoms with Crippen LogP contribution in [0.25, 0.3) is 0 Å². The predicted octanol–water partition coefficient (Wildman–Crippen LogP) is 4.79. The van der Waals surface area contributed by atoms with Crippen LogP contribution in [0.4, 0.5) is 13.2 Å². The van der Waals surface area contributed by atoms with Gasteiger partial charge in [-0.15, -0.1) is 0 Å². The first-order valence-electron chi connectivity index (χ1n) is 7.29. The van der Waals surface area contributed by atoms with Crippen LogP contribution in [0.3, 0.4) is 0 Å². The second kappa shape index (κ2) is 7.31. The standard InChI is InChI=1S/C18H17F3O2/c1-2-17(22)23-12-16(13-7-4-3-5-8-13)14-9-6-10-15(11-14)18(19,20)21/h3-11,16H,2,12H2,1H3. The van der Waals surface area contributed by atoms with E-state index < -0.39 is 17.7 Å². The van der Waals surface area contributed by atoms with E-state index in [9.17, 15) is 18.0 Å². The quantitative estimate of drug-likeness (QED) is 0.740. The molecule has 0 bridgehead atoms. The molecule has 122 valence electrons. The van der Waals surface area contributed by atoms with Crippen molar-refractivity contribution in [3.63, 3.8) is 0 Å². The first kappa shape index (κ1) is 17.1. The van der Waals surface area contributed by atoms with Gasteiger partial charge in [0.05, 0.1) is 5.56 Å². The van der Waals surface area contributed by atoms with E-state index in [1.165, 1.54) is 6.07 Å². The third kappa shape index (κ3) is 4.58. The number of halogens is 3. The minimum atomic E-state index is -4.41. The monoisotopic (exact) mass is 322 g/mol. The Morgan fingerprint density at radius 2 is 1.70 bits per heavy atom. The van der Waals surface area contributed by atoms with Gasteiger partial charge in [-0.05, 0) is 17.2 Å². The summed E-state index contributed by atoms with van der Waals surface area (Å²) in [5.41, 5.74) is 0.559. The van der Waals surface area contributed by atoms with Crippen LogP contribution in [-0.4, -0.2) is 12.6 Å². The van der Waals surface area contributed by atoms with E-state index in [0.717, 1.165) is 17.7 Å². The van der Waals surface area contributed by atoms with E-state index in [2.05, 4.69) is 0 Å². The van der Waals surface area contributed by atoms with Crippen LogP contribution in [0.1, 0.15) is 36.0 Å². The van der Waals surface area contributed by atoms with Crippen LogP contribution >= 0.6 is 0 Å². The molecule has 1 unspecified atom stereocenters. The molecule has 2 nitrogen and oxygen atoms in total. The second-order valence-corrected chi connectivity index (χ2v) is 5.12. The Kier molecular flexibility index (Phi) is 5.42. The van der Waals surface area contributed by atoms with Crippen molar-refractivity contribution >= 4 is 5.97 Å². The van der Waals surface area contributed by atoms with Crippen molar-refractivity contribution < 1.29 is 22.7 Å². The number of ether oxygens (including phenoxy) is 1. The number of rotatable bonds is 5. The first-order valence-corrected chi connectivity index (χ1v) is 7.29. The molecule has 0 aliphatic heterocycles. The van der Waals surface area contributed by atoms with Crippen molar-refractivity contribution in [2.75, 3.05) is 6.61 Å². The van der Waals surface area contributed by atoms with Gasteiger partial charge >= 0.3 is 12.1 Å². The zero-order chi connectivity index (χ0) is 16.9. The minimum Gasteiger partial charge on any atom is -0.465 e. The molecule has 0 saturated carbocycles. The van der Waals surface area contributed by atoms with Crippen LogP contribution in [0, 0.1) is 0 Å². The highest BCUT2D eigenvalue weighted by atomic mass is 19.4. The van der Waals surface area contributed by atoms with Crippen molar-refractivity contribution in [2.24, 2.45) is 0 Å². The molecule has 0 radical (unpaired) electrons. The van der Waals surface area contributed by atoms with E-state index in [1.807, 2.05) is 18.2 Å². The molecular weight excluding hydrogens is 305 g/mol. The average molecular weight is 322 g/mol. The summed E-state index contributed by atoms with van der Waals surface area (Å²) in [6.45, 7) is 1.68. The van der Waals surface area contributed by atoms with Crippen LogP contribution in [0.5, 0.6) is 0 Å². The van der Waals surface area contributed by atoms with Crippen molar-refractivity contribution in [2.45, 2.75) is 25.4 Å². The highest BCUT2D eigenvalue weighted by molar-refractivity contribution is 5.69. The number of carbonyl (C=O) groups excluding carboxylic acids is 1. The van der Waals surface area contributed by atoms with E-state index in [1.54, 1.807) is 25.1 Å². The van der Waals surface area contributed by atoms with Gasteiger partial charge in [0.15, 0.2) is 0 Å². The summed E-state index contributed by atoms with van der Waals surface area (Å²) in [6, 6.07) is 14.2. The topological polar surface area (TPSA) is 26.3 Å². The second-order valence-electron chi connectivity index (χ2n) is 5.12. The number of esters is 1. The summed E-state index contributed by atoms with van der Waals surface area (Å²) in [5, 5.41) is 0. The Labute approximate surface area is 132 Å². The molecule has 0 aromatic heterocycles. The average Bonchev–Trinajstić information content (AvgIpc) is 2.55. The molecule has 5 heteroatoms. The Morgan fingerprint density at radius 1 is 1.04 bits per heavy atom. The molecule has 0 heterocycles.